The number of hydrogen-bond donors (Lipinski definition) is 1. The summed E-state index contributed by atoms with van der Waals surface area (Å²) in [5, 5.41) is 0.625. The van der Waals surface area contributed by atoms with Crippen molar-refractivity contribution >= 4 is 44.3 Å². The van der Waals surface area contributed by atoms with Gasteiger partial charge in [-0.15, -0.1) is 0 Å². The van der Waals surface area contributed by atoms with Crippen molar-refractivity contribution in [3.8, 4) is 11.1 Å². The SMILES string of the molecule is C=Cc1c(N)cc(Cl)cc1-c1ccc(S(=C)(=C)C)c(C)c1. The van der Waals surface area contributed by atoms with Crippen molar-refractivity contribution in [2.24, 2.45) is 0 Å². The zero-order valence-electron chi connectivity index (χ0n) is 12.4. The molecule has 0 heterocycles. The van der Waals surface area contributed by atoms with Gasteiger partial charge in [0.05, 0.1) is 0 Å². The minimum atomic E-state index is -1.24. The molecule has 0 unspecified atom stereocenters. The van der Waals surface area contributed by atoms with Crippen molar-refractivity contribution in [2.45, 2.75) is 11.8 Å². The van der Waals surface area contributed by atoms with E-state index in [-0.39, 0.29) is 0 Å². The van der Waals surface area contributed by atoms with Crippen molar-refractivity contribution in [1.82, 2.24) is 0 Å². The highest BCUT2D eigenvalue weighted by Crippen LogP contribution is 2.37. The lowest BCUT2D eigenvalue weighted by Gasteiger charge is -2.15. The fourth-order valence-corrected chi connectivity index (χ4v) is 3.94. The number of anilines is 1. The molecule has 0 amide bonds. The summed E-state index contributed by atoms with van der Waals surface area (Å²) in [5.74, 6) is 8.36. The topological polar surface area (TPSA) is 26.0 Å². The molecule has 2 N–H and O–H groups in total. The van der Waals surface area contributed by atoms with Crippen molar-refractivity contribution in [3.63, 3.8) is 0 Å². The van der Waals surface area contributed by atoms with Gasteiger partial charge in [0.1, 0.15) is 0 Å². The maximum absolute atomic E-state index is 6.14. The zero-order chi connectivity index (χ0) is 15.8. The van der Waals surface area contributed by atoms with E-state index >= 15 is 0 Å². The number of benzene rings is 2. The molecule has 3 heteroatoms. The van der Waals surface area contributed by atoms with Crippen LogP contribution >= 0.6 is 20.8 Å². The van der Waals surface area contributed by atoms with E-state index in [9.17, 15) is 0 Å². The van der Waals surface area contributed by atoms with Crippen molar-refractivity contribution in [1.29, 1.82) is 0 Å². The average molecular weight is 318 g/mol. The summed E-state index contributed by atoms with van der Waals surface area (Å²) >= 11 is 6.14. The van der Waals surface area contributed by atoms with Gasteiger partial charge in [-0.3, -0.25) is 0 Å². The largest absolute Gasteiger partial charge is 0.398 e. The number of halogens is 1. The zero-order valence-corrected chi connectivity index (χ0v) is 14.0. The predicted molar refractivity (Wildman–Crippen MR) is 102 cm³/mol. The first kappa shape index (κ1) is 15.7. The van der Waals surface area contributed by atoms with Gasteiger partial charge < -0.3 is 5.73 Å². The third-order valence-corrected chi connectivity index (χ3v) is 5.14. The minimum absolute atomic E-state index is 0.625. The predicted octanol–water partition coefficient (Wildman–Crippen LogP) is 5.20. The van der Waals surface area contributed by atoms with Crippen LogP contribution in [0, 0.1) is 6.92 Å². The summed E-state index contributed by atoms with van der Waals surface area (Å²) in [6, 6.07) is 9.97. The van der Waals surface area contributed by atoms with Crippen LogP contribution in [-0.4, -0.2) is 18.0 Å². The van der Waals surface area contributed by atoms with Gasteiger partial charge in [-0.2, -0.15) is 9.21 Å². The van der Waals surface area contributed by atoms with Gasteiger partial charge in [-0.25, -0.2) is 0 Å². The third kappa shape index (κ3) is 3.17. The highest BCUT2D eigenvalue weighted by Gasteiger charge is 2.10. The summed E-state index contributed by atoms with van der Waals surface area (Å²) in [6.45, 7) is 5.93. The molecule has 0 atom stereocenters. The molecule has 0 fully saturated rings. The fourth-order valence-electron chi connectivity index (χ4n) is 2.48. The van der Waals surface area contributed by atoms with E-state index in [1.54, 1.807) is 12.1 Å². The second kappa shape index (κ2) is 5.63. The second-order valence-electron chi connectivity index (χ2n) is 5.41. The summed E-state index contributed by atoms with van der Waals surface area (Å²) in [5.41, 5.74) is 10.8. The molecular formula is C18H20ClNS. The lowest BCUT2D eigenvalue weighted by Crippen LogP contribution is -1.94. The molecule has 0 radical (unpaired) electrons. The number of aryl methyl sites for hydroxylation is 1. The van der Waals surface area contributed by atoms with Crippen LogP contribution in [-0.2, 0) is 0 Å². The molecule has 110 valence electrons. The van der Waals surface area contributed by atoms with Crippen LogP contribution in [0.3, 0.4) is 0 Å². The molecule has 0 aliphatic carbocycles. The minimum Gasteiger partial charge on any atom is -0.398 e. The van der Waals surface area contributed by atoms with Gasteiger partial charge in [0.25, 0.3) is 0 Å². The summed E-state index contributed by atoms with van der Waals surface area (Å²) in [6.07, 6.45) is 3.85. The monoisotopic (exact) mass is 317 g/mol. The van der Waals surface area contributed by atoms with Crippen molar-refractivity contribution in [2.75, 3.05) is 12.0 Å². The second-order valence-corrected chi connectivity index (χ2v) is 8.84. The Morgan fingerprint density at radius 2 is 1.86 bits per heavy atom. The lowest BCUT2D eigenvalue weighted by molar-refractivity contribution is 1.30. The van der Waals surface area contributed by atoms with Crippen LogP contribution in [0.5, 0.6) is 0 Å². The molecule has 0 spiro atoms. The molecule has 2 aromatic rings. The molecule has 0 aliphatic rings. The van der Waals surface area contributed by atoms with Gasteiger partial charge in [0.2, 0.25) is 0 Å². The number of hydrogen-bond acceptors (Lipinski definition) is 1. The van der Waals surface area contributed by atoms with E-state index in [2.05, 4.69) is 49.7 Å². The lowest BCUT2D eigenvalue weighted by atomic mass is 9.97. The van der Waals surface area contributed by atoms with E-state index in [1.165, 1.54) is 10.5 Å². The molecule has 0 aliphatic heterocycles. The quantitative estimate of drug-likeness (QED) is 0.611. The van der Waals surface area contributed by atoms with Gasteiger partial charge in [-0.1, -0.05) is 48.1 Å². The van der Waals surface area contributed by atoms with Crippen LogP contribution < -0.4 is 5.73 Å². The van der Waals surface area contributed by atoms with Crippen LogP contribution in [0.25, 0.3) is 17.2 Å². The summed E-state index contributed by atoms with van der Waals surface area (Å²) in [4.78, 5) is 1.21. The fraction of sp³-hybridized carbons (Fsp3) is 0.111. The normalized spacial score (nSPS) is 11.4. The Morgan fingerprint density at radius 3 is 2.38 bits per heavy atom. The van der Waals surface area contributed by atoms with Gasteiger partial charge in [0, 0.05) is 16.3 Å². The Balaban J connectivity index is 2.69. The van der Waals surface area contributed by atoms with Gasteiger partial charge in [0.15, 0.2) is 0 Å². The van der Waals surface area contributed by atoms with Crippen LogP contribution in [0.4, 0.5) is 5.69 Å². The molecular weight excluding hydrogens is 298 g/mol. The first-order valence-electron chi connectivity index (χ1n) is 6.51. The maximum atomic E-state index is 6.14. The number of rotatable bonds is 3. The smallest absolute Gasteiger partial charge is 0.0433 e. The highest BCUT2D eigenvalue weighted by atomic mass is 35.5. The molecule has 0 aromatic heterocycles. The van der Waals surface area contributed by atoms with Crippen LogP contribution in [0.15, 0.2) is 41.8 Å². The number of nitrogens with two attached hydrogens (primary N) is 1. The van der Waals surface area contributed by atoms with Crippen LogP contribution in [0.1, 0.15) is 11.1 Å². The van der Waals surface area contributed by atoms with Crippen molar-refractivity contribution in [3.05, 3.63) is 53.1 Å². The Hall–Kier alpha value is -1.64. The Labute approximate surface area is 132 Å². The molecule has 21 heavy (non-hydrogen) atoms. The van der Waals surface area contributed by atoms with E-state index in [1.807, 2.05) is 6.07 Å². The van der Waals surface area contributed by atoms with Crippen molar-refractivity contribution < 1.29 is 0 Å². The van der Waals surface area contributed by atoms with E-state index in [4.69, 9.17) is 17.3 Å². The molecule has 2 rings (SSSR count). The van der Waals surface area contributed by atoms with E-state index < -0.39 is 9.21 Å². The van der Waals surface area contributed by atoms with Crippen LogP contribution in [0.2, 0.25) is 5.02 Å². The Kier molecular flexibility index (Phi) is 4.22. The highest BCUT2D eigenvalue weighted by molar-refractivity contribution is 8.27. The Bertz CT molecular complexity index is 817. The first-order chi connectivity index (χ1) is 9.74. The molecule has 2 aromatic carbocycles. The number of nitrogen functional groups attached to an aromatic ring is 1. The van der Waals surface area contributed by atoms with E-state index in [0.29, 0.717) is 10.7 Å². The third-order valence-electron chi connectivity index (χ3n) is 3.40. The molecule has 0 saturated heterocycles. The van der Waals surface area contributed by atoms with Gasteiger partial charge in [-0.05, 0) is 53.0 Å². The average Bonchev–Trinajstić information content (AvgIpc) is 2.36. The Morgan fingerprint density at radius 1 is 1.19 bits per heavy atom. The summed E-state index contributed by atoms with van der Waals surface area (Å²) in [7, 11) is -1.24. The maximum Gasteiger partial charge on any atom is 0.0433 e. The molecule has 1 nitrogen and oxygen atoms in total. The standard InChI is InChI=1S/C18H20ClNS/c1-6-15-16(10-14(19)11-17(15)20)13-7-8-18(12(2)9-13)21(3,4)5/h6-11H,1,3-4,20H2,2,5H3. The van der Waals surface area contributed by atoms with E-state index in [0.717, 1.165) is 16.7 Å². The molecule has 0 saturated carbocycles. The summed E-state index contributed by atoms with van der Waals surface area (Å²) < 4.78 is 0. The van der Waals surface area contributed by atoms with Gasteiger partial charge >= 0.3 is 0 Å². The molecule has 0 bridgehead atoms. The first-order valence-corrected chi connectivity index (χ1v) is 9.26.